The molecule has 2 aromatic carbocycles. The molecule has 0 aliphatic heterocycles. The van der Waals surface area contributed by atoms with Crippen molar-refractivity contribution in [1.82, 2.24) is 15.0 Å². The van der Waals surface area contributed by atoms with Crippen molar-refractivity contribution >= 4 is 44.0 Å². The Bertz CT molecular complexity index is 1000. The van der Waals surface area contributed by atoms with E-state index < -0.39 is 21.8 Å². The van der Waals surface area contributed by atoms with Crippen LogP contribution >= 0.6 is 15.9 Å². The van der Waals surface area contributed by atoms with E-state index in [1.54, 1.807) is 13.8 Å². The number of hydrogen-bond acceptors (Lipinski definition) is 5. The summed E-state index contributed by atoms with van der Waals surface area (Å²) >= 11 is 3.33. The van der Waals surface area contributed by atoms with Crippen molar-refractivity contribution in [3.63, 3.8) is 0 Å². The number of hydrogen-bond donors (Lipinski definition) is 2. The predicted octanol–water partition coefficient (Wildman–Crippen LogP) is 2.36. The molecule has 0 heterocycles. The summed E-state index contributed by atoms with van der Waals surface area (Å²) in [5.41, 5.74) is 3.38. The van der Waals surface area contributed by atoms with Gasteiger partial charge in [-0.05, 0) is 42.0 Å². The number of benzene rings is 2. The van der Waals surface area contributed by atoms with Crippen LogP contribution in [0.2, 0.25) is 0 Å². The van der Waals surface area contributed by atoms with Crippen molar-refractivity contribution in [1.29, 1.82) is 0 Å². The van der Waals surface area contributed by atoms with Crippen LogP contribution in [0.25, 0.3) is 0 Å². The van der Waals surface area contributed by atoms with Gasteiger partial charge in [-0.1, -0.05) is 41.9 Å². The van der Waals surface area contributed by atoms with Crippen molar-refractivity contribution in [2.75, 3.05) is 19.6 Å². The average molecular weight is 495 g/mol. The van der Waals surface area contributed by atoms with Gasteiger partial charge in [0.25, 0.3) is 11.8 Å². The summed E-state index contributed by atoms with van der Waals surface area (Å²) in [6, 6.07) is 12.9. The number of carbonyl (C=O) groups excluding carboxylic acids is 2. The monoisotopic (exact) mass is 494 g/mol. The molecule has 0 radical (unpaired) electrons. The number of amides is 2. The molecule has 0 atom stereocenters. The molecule has 2 rings (SSSR count). The molecule has 30 heavy (non-hydrogen) atoms. The summed E-state index contributed by atoms with van der Waals surface area (Å²) in [4.78, 5) is 24.1. The lowest BCUT2D eigenvalue weighted by Crippen LogP contribution is -2.35. The molecule has 2 N–H and O–H groups in total. The minimum Gasteiger partial charge on any atom is -0.343 e. The number of hydrazone groups is 1. The van der Waals surface area contributed by atoms with E-state index in [-0.39, 0.29) is 17.0 Å². The van der Waals surface area contributed by atoms with Gasteiger partial charge in [0.15, 0.2) is 0 Å². The van der Waals surface area contributed by atoms with Crippen LogP contribution < -0.4 is 10.7 Å². The van der Waals surface area contributed by atoms with Gasteiger partial charge >= 0.3 is 0 Å². The zero-order chi connectivity index (χ0) is 22.1. The van der Waals surface area contributed by atoms with Crippen LogP contribution in [0.3, 0.4) is 0 Å². The van der Waals surface area contributed by atoms with E-state index in [1.807, 2.05) is 24.3 Å². The van der Waals surface area contributed by atoms with Gasteiger partial charge in [0.05, 0.1) is 17.7 Å². The maximum atomic E-state index is 12.5. The van der Waals surface area contributed by atoms with Crippen molar-refractivity contribution in [2.24, 2.45) is 5.10 Å². The molecule has 0 unspecified atom stereocenters. The Hall–Kier alpha value is -2.56. The third-order valence-corrected chi connectivity index (χ3v) is 6.73. The van der Waals surface area contributed by atoms with E-state index in [0.717, 1.165) is 10.0 Å². The quantitative estimate of drug-likeness (QED) is 0.411. The predicted molar refractivity (Wildman–Crippen MR) is 119 cm³/mol. The number of halogens is 1. The van der Waals surface area contributed by atoms with Gasteiger partial charge in [-0.2, -0.15) is 9.41 Å². The number of nitrogens with one attached hydrogen (secondary N) is 2. The van der Waals surface area contributed by atoms with Gasteiger partial charge in [-0.25, -0.2) is 13.8 Å². The lowest BCUT2D eigenvalue weighted by atomic mass is 10.2. The van der Waals surface area contributed by atoms with Gasteiger partial charge < -0.3 is 5.32 Å². The molecular formula is C20H23BrN4O4S. The smallest absolute Gasteiger partial charge is 0.259 e. The van der Waals surface area contributed by atoms with Crippen LogP contribution in [0.4, 0.5) is 0 Å². The summed E-state index contributed by atoms with van der Waals surface area (Å²) in [5.74, 6) is -0.980. The zero-order valence-corrected chi connectivity index (χ0v) is 19.0. The minimum atomic E-state index is -3.59. The molecule has 2 amide bonds. The summed E-state index contributed by atoms with van der Waals surface area (Å²) < 4.78 is 27.2. The fraction of sp³-hybridized carbons (Fsp3) is 0.250. The highest BCUT2D eigenvalue weighted by Gasteiger charge is 2.21. The first-order valence-electron chi connectivity index (χ1n) is 9.23. The third-order valence-electron chi connectivity index (χ3n) is 4.14. The number of carbonyl (C=O) groups is 2. The number of rotatable bonds is 9. The van der Waals surface area contributed by atoms with Gasteiger partial charge in [0.1, 0.15) is 0 Å². The molecule has 10 heteroatoms. The van der Waals surface area contributed by atoms with Crippen LogP contribution in [-0.4, -0.2) is 50.4 Å². The Morgan fingerprint density at radius 3 is 2.20 bits per heavy atom. The second-order valence-electron chi connectivity index (χ2n) is 6.14. The van der Waals surface area contributed by atoms with Crippen molar-refractivity contribution < 1.29 is 18.0 Å². The van der Waals surface area contributed by atoms with Gasteiger partial charge in [0.2, 0.25) is 10.0 Å². The molecule has 2 aromatic rings. The standard InChI is InChI=1S/C20H23BrN4O4S/c1-3-25(4-2)30(28,29)18-11-7-16(8-12-18)20(27)22-14-19(26)24-23-13-15-5-9-17(21)10-6-15/h5-13H,3-4,14H2,1-2H3,(H,22,27)(H,24,26)/b23-13+. The molecule has 8 nitrogen and oxygen atoms in total. The van der Waals surface area contributed by atoms with Crippen molar-refractivity contribution in [2.45, 2.75) is 18.7 Å². The lowest BCUT2D eigenvalue weighted by Gasteiger charge is -2.18. The summed E-state index contributed by atoms with van der Waals surface area (Å²) in [6.45, 7) is 3.98. The maximum Gasteiger partial charge on any atom is 0.259 e. The van der Waals surface area contributed by atoms with Crippen LogP contribution in [0, 0.1) is 0 Å². The molecule has 0 spiro atoms. The molecular weight excluding hydrogens is 472 g/mol. The SMILES string of the molecule is CCN(CC)S(=O)(=O)c1ccc(C(=O)NCC(=O)N/N=C/c2ccc(Br)cc2)cc1. The summed E-state index contributed by atoms with van der Waals surface area (Å²) in [7, 11) is -3.59. The van der Waals surface area contributed by atoms with Crippen molar-refractivity contribution in [3.05, 3.63) is 64.1 Å². The fourth-order valence-electron chi connectivity index (χ4n) is 2.52. The third kappa shape index (κ3) is 6.48. The normalized spacial score (nSPS) is 11.6. The van der Waals surface area contributed by atoms with E-state index in [4.69, 9.17) is 0 Å². The molecule has 0 saturated carbocycles. The first-order valence-corrected chi connectivity index (χ1v) is 11.5. The second-order valence-corrected chi connectivity index (χ2v) is 8.99. The topological polar surface area (TPSA) is 108 Å². The van der Waals surface area contributed by atoms with E-state index in [9.17, 15) is 18.0 Å². The van der Waals surface area contributed by atoms with Crippen LogP contribution in [-0.2, 0) is 14.8 Å². The highest BCUT2D eigenvalue weighted by atomic mass is 79.9. The Kier molecular flexibility index (Phi) is 8.70. The summed E-state index contributed by atoms with van der Waals surface area (Å²) in [5, 5.41) is 6.30. The van der Waals surface area contributed by atoms with Gasteiger partial charge in [-0.3, -0.25) is 9.59 Å². The Morgan fingerprint density at radius 1 is 1.03 bits per heavy atom. The molecule has 160 valence electrons. The number of sulfonamides is 1. The molecule has 0 saturated heterocycles. The van der Waals surface area contributed by atoms with E-state index in [1.165, 1.54) is 34.8 Å². The van der Waals surface area contributed by atoms with E-state index >= 15 is 0 Å². The first kappa shape index (κ1) is 23.7. The molecule has 0 aliphatic carbocycles. The van der Waals surface area contributed by atoms with Gasteiger partial charge in [0, 0.05) is 23.1 Å². The fourth-order valence-corrected chi connectivity index (χ4v) is 4.24. The van der Waals surface area contributed by atoms with Crippen LogP contribution in [0.15, 0.2) is 63.0 Å². The van der Waals surface area contributed by atoms with Gasteiger partial charge in [-0.15, -0.1) is 0 Å². The molecule has 0 aliphatic rings. The Labute approximate surface area is 184 Å². The number of nitrogens with zero attached hydrogens (tertiary/aromatic N) is 2. The van der Waals surface area contributed by atoms with Crippen LogP contribution in [0.5, 0.6) is 0 Å². The van der Waals surface area contributed by atoms with E-state index in [0.29, 0.717) is 13.1 Å². The minimum absolute atomic E-state index is 0.114. The average Bonchev–Trinajstić information content (AvgIpc) is 2.74. The highest BCUT2D eigenvalue weighted by molar-refractivity contribution is 9.10. The highest BCUT2D eigenvalue weighted by Crippen LogP contribution is 2.16. The first-order chi connectivity index (χ1) is 14.3. The largest absolute Gasteiger partial charge is 0.343 e. The van der Waals surface area contributed by atoms with Crippen molar-refractivity contribution in [3.8, 4) is 0 Å². The summed E-state index contributed by atoms with van der Waals surface area (Å²) in [6.07, 6.45) is 1.49. The Morgan fingerprint density at radius 2 is 1.63 bits per heavy atom. The molecule has 0 fully saturated rings. The lowest BCUT2D eigenvalue weighted by molar-refractivity contribution is -0.120. The molecule has 0 aromatic heterocycles. The second kappa shape index (κ2) is 11.0. The molecule has 0 bridgehead atoms. The zero-order valence-electron chi connectivity index (χ0n) is 16.6. The maximum absolute atomic E-state index is 12.5. The van der Waals surface area contributed by atoms with Crippen LogP contribution in [0.1, 0.15) is 29.8 Å². The Balaban J connectivity index is 1.88. The van der Waals surface area contributed by atoms with E-state index in [2.05, 4.69) is 31.8 Å².